The van der Waals surface area contributed by atoms with Crippen molar-refractivity contribution < 1.29 is 9.53 Å². The summed E-state index contributed by atoms with van der Waals surface area (Å²) in [6, 6.07) is 1.09. The van der Waals surface area contributed by atoms with E-state index in [2.05, 4.69) is 5.32 Å². The number of nitrogens with zero attached hydrogens (tertiary/aromatic N) is 1. The van der Waals surface area contributed by atoms with Crippen LogP contribution in [0.1, 0.15) is 72.1 Å². The first-order valence-electron chi connectivity index (χ1n) is 8.68. The molecule has 1 N–H and O–H groups in total. The van der Waals surface area contributed by atoms with Gasteiger partial charge in [-0.3, -0.25) is 0 Å². The summed E-state index contributed by atoms with van der Waals surface area (Å²) < 4.78 is 5.49. The second-order valence-corrected chi connectivity index (χ2v) is 7.62. The third-order valence-corrected chi connectivity index (χ3v) is 4.40. The molecule has 1 unspecified atom stereocenters. The van der Waals surface area contributed by atoms with Gasteiger partial charge >= 0.3 is 6.09 Å². The van der Waals surface area contributed by atoms with E-state index in [1.54, 1.807) is 0 Å². The SMILES string of the molecule is CC(C)(C)OC(=O)N1CCCC(NC2CCCCCC2)C1. The average Bonchev–Trinajstić information content (AvgIpc) is 2.66. The van der Waals surface area contributed by atoms with Gasteiger partial charge in [-0.25, -0.2) is 4.79 Å². The molecule has 122 valence electrons. The second-order valence-electron chi connectivity index (χ2n) is 7.62. The van der Waals surface area contributed by atoms with Crippen molar-refractivity contribution >= 4 is 6.09 Å². The number of likely N-dealkylation sites (tertiary alicyclic amines) is 1. The summed E-state index contributed by atoms with van der Waals surface area (Å²) in [7, 11) is 0. The first-order chi connectivity index (χ1) is 9.94. The number of carbonyl (C=O) groups is 1. The van der Waals surface area contributed by atoms with Crippen LogP contribution < -0.4 is 5.32 Å². The van der Waals surface area contributed by atoms with Crippen LogP contribution in [-0.4, -0.2) is 41.8 Å². The molecule has 1 heterocycles. The van der Waals surface area contributed by atoms with Crippen molar-refractivity contribution in [3.63, 3.8) is 0 Å². The van der Waals surface area contributed by atoms with Crippen molar-refractivity contribution in [3.8, 4) is 0 Å². The maximum Gasteiger partial charge on any atom is 0.410 e. The minimum absolute atomic E-state index is 0.158. The molecular weight excluding hydrogens is 264 g/mol. The Morgan fingerprint density at radius 2 is 1.62 bits per heavy atom. The highest BCUT2D eigenvalue weighted by atomic mass is 16.6. The largest absolute Gasteiger partial charge is 0.444 e. The van der Waals surface area contributed by atoms with Gasteiger partial charge in [-0.2, -0.15) is 0 Å². The first-order valence-corrected chi connectivity index (χ1v) is 8.68. The van der Waals surface area contributed by atoms with E-state index < -0.39 is 5.60 Å². The smallest absolute Gasteiger partial charge is 0.410 e. The molecule has 1 saturated heterocycles. The number of amides is 1. The topological polar surface area (TPSA) is 41.6 Å². The van der Waals surface area contributed by atoms with E-state index >= 15 is 0 Å². The molecule has 1 saturated carbocycles. The number of piperidine rings is 1. The molecule has 1 aliphatic carbocycles. The Labute approximate surface area is 129 Å². The number of hydrogen-bond donors (Lipinski definition) is 1. The van der Waals surface area contributed by atoms with Gasteiger partial charge in [0.15, 0.2) is 0 Å². The van der Waals surface area contributed by atoms with Crippen molar-refractivity contribution in [1.82, 2.24) is 10.2 Å². The number of carbonyl (C=O) groups excluding carboxylic acids is 1. The van der Waals surface area contributed by atoms with Crippen LogP contribution in [0.3, 0.4) is 0 Å². The standard InChI is InChI=1S/C17H32N2O2/c1-17(2,3)21-16(20)19-12-8-11-15(13-19)18-14-9-6-4-5-7-10-14/h14-15,18H,4-13H2,1-3H3. The molecule has 1 atom stereocenters. The van der Waals surface area contributed by atoms with Crippen LogP contribution in [0, 0.1) is 0 Å². The van der Waals surface area contributed by atoms with E-state index in [4.69, 9.17) is 4.74 Å². The van der Waals surface area contributed by atoms with Crippen LogP contribution in [0.4, 0.5) is 4.79 Å². The highest BCUT2D eigenvalue weighted by Crippen LogP contribution is 2.20. The summed E-state index contributed by atoms with van der Waals surface area (Å²) >= 11 is 0. The van der Waals surface area contributed by atoms with Crippen LogP contribution in [0.5, 0.6) is 0 Å². The monoisotopic (exact) mass is 296 g/mol. The first kappa shape index (κ1) is 16.6. The molecule has 0 spiro atoms. The Morgan fingerprint density at radius 1 is 1.00 bits per heavy atom. The maximum absolute atomic E-state index is 12.2. The van der Waals surface area contributed by atoms with E-state index in [0.717, 1.165) is 19.5 Å². The van der Waals surface area contributed by atoms with Gasteiger partial charge in [-0.05, 0) is 46.5 Å². The second kappa shape index (κ2) is 7.48. The van der Waals surface area contributed by atoms with Crippen LogP contribution in [-0.2, 0) is 4.74 Å². The summed E-state index contributed by atoms with van der Waals surface area (Å²) in [6.07, 6.45) is 10.1. The lowest BCUT2D eigenvalue weighted by Gasteiger charge is -2.36. The molecular formula is C17H32N2O2. The molecule has 21 heavy (non-hydrogen) atoms. The maximum atomic E-state index is 12.2. The van der Waals surface area contributed by atoms with Gasteiger partial charge in [0, 0.05) is 25.2 Å². The number of ether oxygens (including phenoxy) is 1. The van der Waals surface area contributed by atoms with Crippen molar-refractivity contribution in [2.45, 2.75) is 89.8 Å². The highest BCUT2D eigenvalue weighted by molar-refractivity contribution is 5.68. The summed E-state index contributed by atoms with van der Waals surface area (Å²) in [6.45, 7) is 7.41. The summed E-state index contributed by atoms with van der Waals surface area (Å²) in [4.78, 5) is 14.1. The molecule has 0 aromatic heterocycles. The fraction of sp³-hybridized carbons (Fsp3) is 0.941. The summed E-state index contributed by atoms with van der Waals surface area (Å²) in [5.41, 5.74) is -0.404. The zero-order valence-electron chi connectivity index (χ0n) is 14.0. The quantitative estimate of drug-likeness (QED) is 0.790. The van der Waals surface area contributed by atoms with Gasteiger partial charge in [0.1, 0.15) is 5.60 Å². The molecule has 1 aliphatic heterocycles. The van der Waals surface area contributed by atoms with Crippen molar-refractivity contribution in [2.24, 2.45) is 0 Å². The summed E-state index contributed by atoms with van der Waals surface area (Å²) in [5, 5.41) is 3.80. The molecule has 4 heteroatoms. The fourth-order valence-corrected chi connectivity index (χ4v) is 3.38. The van der Waals surface area contributed by atoms with E-state index in [1.165, 1.54) is 44.9 Å². The Bertz CT molecular complexity index is 330. The molecule has 0 aromatic carbocycles. The van der Waals surface area contributed by atoms with Gasteiger partial charge < -0.3 is 15.0 Å². The molecule has 4 nitrogen and oxygen atoms in total. The zero-order valence-corrected chi connectivity index (χ0v) is 14.0. The van der Waals surface area contributed by atoms with E-state index in [-0.39, 0.29) is 6.09 Å². The molecule has 1 amide bonds. The minimum Gasteiger partial charge on any atom is -0.444 e. The van der Waals surface area contributed by atoms with E-state index in [9.17, 15) is 4.79 Å². The molecule has 0 radical (unpaired) electrons. The lowest BCUT2D eigenvalue weighted by molar-refractivity contribution is 0.0182. The number of nitrogens with one attached hydrogen (secondary N) is 1. The Hall–Kier alpha value is -0.770. The van der Waals surface area contributed by atoms with Gasteiger partial charge in [-0.15, -0.1) is 0 Å². The average molecular weight is 296 g/mol. The predicted molar refractivity (Wildman–Crippen MR) is 85.5 cm³/mol. The Kier molecular flexibility index (Phi) is 5.91. The molecule has 2 aliphatic rings. The van der Waals surface area contributed by atoms with Crippen molar-refractivity contribution in [2.75, 3.05) is 13.1 Å². The van der Waals surface area contributed by atoms with Gasteiger partial charge in [0.05, 0.1) is 0 Å². The fourth-order valence-electron chi connectivity index (χ4n) is 3.38. The third-order valence-electron chi connectivity index (χ3n) is 4.40. The van der Waals surface area contributed by atoms with Gasteiger partial charge in [-0.1, -0.05) is 25.7 Å². The minimum atomic E-state index is -0.404. The highest BCUT2D eigenvalue weighted by Gasteiger charge is 2.28. The molecule has 0 bridgehead atoms. The van der Waals surface area contributed by atoms with Crippen LogP contribution in [0.2, 0.25) is 0 Å². The van der Waals surface area contributed by atoms with Crippen LogP contribution in [0.25, 0.3) is 0 Å². The summed E-state index contributed by atoms with van der Waals surface area (Å²) in [5.74, 6) is 0. The van der Waals surface area contributed by atoms with E-state index in [1.807, 2.05) is 25.7 Å². The van der Waals surface area contributed by atoms with Gasteiger partial charge in [0.2, 0.25) is 0 Å². The Morgan fingerprint density at radius 3 is 2.24 bits per heavy atom. The molecule has 2 fully saturated rings. The Balaban J connectivity index is 1.81. The van der Waals surface area contributed by atoms with Crippen LogP contribution >= 0.6 is 0 Å². The lowest BCUT2D eigenvalue weighted by Crippen LogP contribution is -2.51. The zero-order chi connectivity index (χ0) is 15.3. The predicted octanol–water partition coefficient (Wildman–Crippen LogP) is 3.70. The van der Waals surface area contributed by atoms with Crippen molar-refractivity contribution in [1.29, 1.82) is 0 Å². The van der Waals surface area contributed by atoms with Crippen LogP contribution in [0.15, 0.2) is 0 Å². The molecule has 0 aromatic rings. The third kappa shape index (κ3) is 5.85. The lowest BCUT2D eigenvalue weighted by atomic mass is 10.0. The normalized spacial score (nSPS) is 25.5. The number of rotatable bonds is 2. The number of hydrogen-bond acceptors (Lipinski definition) is 3. The van der Waals surface area contributed by atoms with E-state index in [0.29, 0.717) is 12.1 Å². The van der Waals surface area contributed by atoms with Gasteiger partial charge in [0.25, 0.3) is 0 Å². The molecule has 2 rings (SSSR count). The van der Waals surface area contributed by atoms with Crippen molar-refractivity contribution in [3.05, 3.63) is 0 Å².